The molecular formula is C11H14F2N2. The van der Waals surface area contributed by atoms with Crippen LogP contribution in [0.25, 0.3) is 0 Å². The summed E-state index contributed by atoms with van der Waals surface area (Å²) in [6.45, 7) is -0.228. The van der Waals surface area contributed by atoms with Crippen molar-refractivity contribution in [2.75, 3.05) is 12.3 Å². The Hall–Kier alpha value is -1.16. The normalized spacial score (nSPS) is 19.5. The van der Waals surface area contributed by atoms with Gasteiger partial charge in [0.2, 0.25) is 0 Å². The number of rotatable bonds is 3. The maximum Gasteiger partial charge on any atom is 0.250 e. The molecule has 1 unspecified atom stereocenters. The summed E-state index contributed by atoms with van der Waals surface area (Å²) in [6.07, 6.45) is -0.658. The highest BCUT2D eigenvalue weighted by Crippen LogP contribution is 2.24. The molecule has 2 nitrogen and oxygen atoms in total. The minimum atomic E-state index is -2.28. The third kappa shape index (κ3) is 2.45. The summed E-state index contributed by atoms with van der Waals surface area (Å²) in [4.78, 5) is 0. The van der Waals surface area contributed by atoms with E-state index in [0.717, 1.165) is 18.5 Å². The summed E-state index contributed by atoms with van der Waals surface area (Å²) < 4.78 is 24.0. The maximum absolute atomic E-state index is 12.0. The molecule has 0 radical (unpaired) electrons. The van der Waals surface area contributed by atoms with Gasteiger partial charge in [-0.15, -0.1) is 0 Å². The van der Waals surface area contributed by atoms with Gasteiger partial charge in [-0.25, -0.2) is 8.78 Å². The van der Waals surface area contributed by atoms with Crippen LogP contribution in [0.4, 0.5) is 14.5 Å². The molecule has 82 valence electrons. The minimum Gasteiger partial charge on any atom is -0.399 e. The SMILES string of the molecule is Nc1ccc2c(c1)CC(NCC(F)F)C2. The molecule has 0 saturated carbocycles. The lowest BCUT2D eigenvalue weighted by atomic mass is 10.1. The van der Waals surface area contributed by atoms with Crippen molar-refractivity contribution < 1.29 is 8.78 Å². The van der Waals surface area contributed by atoms with Gasteiger partial charge < -0.3 is 11.1 Å². The fourth-order valence-electron chi connectivity index (χ4n) is 2.04. The van der Waals surface area contributed by atoms with E-state index >= 15 is 0 Å². The third-order valence-corrected chi connectivity index (χ3v) is 2.72. The van der Waals surface area contributed by atoms with E-state index in [-0.39, 0.29) is 12.6 Å². The quantitative estimate of drug-likeness (QED) is 0.747. The second kappa shape index (κ2) is 4.14. The summed E-state index contributed by atoms with van der Waals surface area (Å²) in [5.74, 6) is 0. The Morgan fingerprint density at radius 1 is 1.33 bits per heavy atom. The van der Waals surface area contributed by atoms with E-state index in [1.54, 1.807) is 0 Å². The minimum absolute atomic E-state index is 0.135. The average Bonchev–Trinajstić information content (AvgIpc) is 2.56. The van der Waals surface area contributed by atoms with Crippen LogP contribution in [0, 0.1) is 0 Å². The van der Waals surface area contributed by atoms with Crippen LogP contribution in [0.2, 0.25) is 0 Å². The summed E-state index contributed by atoms with van der Waals surface area (Å²) in [7, 11) is 0. The van der Waals surface area contributed by atoms with Crippen LogP contribution in [0.5, 0.6) is 0 Å². The van der Waals surface area contributed by atoms with Gasteiger partial charge in [-0.1, -0.05) is 6.07 Å². The van der Waals surface area contributed by atoms with Crippen molar-refractivity contribution in [2.24, 2.45) is 0 Å². The van der Waals surface area contributed by atoms with E-state index < -0.39 is 6.43 Å². The Kier molecular flexibility index (Phi) is 2.86. The number of nitrogen functional groups attached to an aromatic ring is 1. The van der Waals surface area contributed by atoms with Gasteiger partial charge in [0.25, 0.3) is 6.43 Å². The highest BCUT2D eigenvalue weighted by Gasteiger charge is 2.21. The lowest BCUT2D eigenvalue weighted by molar-refractivity contribution is 0.141. The Balaban J connectivity index is 1.97. The highest BCUT2D eigenvalue weighted by molar-refractivity contribution is 5.47. The zero-order valence-corrected chi connectivity index (χ0v) is 8.34. The molecular weight excluding hydrogens is 198 g/mol. The highest BCUT2D eigenvalue weighted by atomic mass is 19.3. The van der Waals surface area contributed by atoms with Crippen LogP contribution in [0.1, 0.15) is 11.1 Å². The van der Waals surface area contributed by atoms with Crippen molar-refractivity contribution in [2.45, 2.75) is 25.3 Å². The van der Waals surface area contributed by atoms with Gasteiger partial charge >= 0.3 is 0 Å². The average molecular weight is 212 g/mol. The molecule has 2 rings (SSSR count). The molecule has 1 aliphatic rings. The van der Waals surface area contributed by atoms with E-state index in [9.17, 15) is 8.78 Å². The summed E-state index contributed by atoms with van der Waals surface area (Å²) in [6, 6.07) is 5.90. The van der Waals surface area contributed by atoms with Gasteiger partial charge in [-0.05, 0) is 36.1 Å². The lowest BCUT2D eigenvalue weighted by Gasteiger charge is -2.10. The number of alkyl halides is 2. The van der Waals surface area contributed by atoms with Gasteiger partial charge in [0, 0.05) is 11.7 Å². The Bertz CT molecular complexity index is 352. The smallest absolute Gasteiger partial charge is 0.250 e. The van der Waals surface area contributed by atoms with E-state index in [2.05, 4.69) is 5.32 Å². The molecule has 0 saturated heterocycles. The molecule has 15 heavy (non-hydrogen) atoms. The fourth-order valence-corrected chi connectivity index (χ4v) is 2.04. The van der Waals surface area contributed by atoms with Gasteiger partial charge in [0.05, 0.1) is 6.54 Å². The molecule has 1 aromatic carbocycles. The lowest BCUT2D eigenvalue weighted by Crippen LogP contribution is -2.33. The van der Waals surface area contributed by atoms with Crippen LogP contribution < -0.4 is 11.1 Å². The fraction of sp³-hybridized carbons (Fsp3) is 0.455. The largest absolute Gasteiger partial charge is 0.399 e. The van der Waals surface area contributed by atoms with E-state index in [4.69, 9.17) is 5.73 Å². The first-order valence-electron chi connectivity index (χ1n) is 5.04. The summed E-state index contributed by atoms with van der Waals surface area (Å²) in [5.41, 5.74) is 8.80. The van der Waals surface area contributed by atoms with Gasteiger partial charge in [0.15, 0.2) is 0 Å². The van der Waals surface area contributed by atoms with Crippen molar-refractivity contribution in [3.05, 3.63) is 29.3 Å². The van der Waals surface area contributed by atoms with Crippen LogP contribution >= 0.6 is 0 Å². The Labute approximate surface area is 87.5 Å². The van der Waals surface area contributed by atoms with Crippen molar-refractivity contribution in [3.8, 4) is 0 Å². The van der Waals surface area contributed by atoms with Crippen LogP contribution in [-0.2, 0) is 12.8 Å². The molecule has 0 aliphatic heterocycles. The predicted octanol–water partition coefficient (Wildman–Crippen LogP) is 1.59. The Morgan fingerprint density at radius 3 is 2.80 bits per heavy atom. The number of hydrogen-bond acceptors (Lipinski definition) is 2. The number of nitrogens with two attached hydrogens (primary N) is 1. The number of fused-ring (bicyclic) bond motifs is 1. The van der Waals surface area contributed by atoms with Crippen LogP contribution in [0.3, 0.4) is 0 Å². The number of benzene rings is 1. The van der Waals surface area contributed by atoms with Crippen molar-refractivity contribution >= 4 is 5.69 Å². The van der Waals surface area contributed by atoms with Gasteiger partial charge in [-0.3, -0.25) is 0 Å². The number of halogens is 2. The van der Waals surface area contributed by atoms with E-state index in [0.29, 0.717) is 0 Å². The van der Waals surface area contributed by atoms with Gasteiger partial charge in [-0.2, -0.15) is 0 Å². The molecule has 3 N–H and O–H groups in total. The first kappa shape index (κ1) is 10.4. The molecule has 1 aliphatic carbocycles. The molecule has 0 fully saturated rings. The number of nitrogens with one attached hydrogen (secondary N) is 1. The topological polar surface area (TPSA) is 38.0 Å². The molecule has 0 heterocycles. The Morgan fingerprint density at radius 2 is 2.07 bits per heavy atom. The summed E-state index contributed by atoms with van der Waals surface area (Å²) >= 11 is 0. The van der Waals surface area contributed by atoms with Gasteiger partial charge in [0.1, 0.15) is 0 Å². The predicted molar refractivity (Wildman–Crippen MR) is 56.1 cm³/mol. The van der Waals surface area contributed by atoms with E-state index in [1.165, 1.54) is 11.1 Å². The molecule has 1 aromatic rings. The zero-order valence-electron chi connectivity index (χ0n) is 8.34. The van der Waals surface area contributed by atoms with Crippen molar-refractivity contribution in [1.82, 2.24) is 5.32 Å². The second-order valence-electron chi connectivity index (χ2n) is 3.93. The zero-order chi connectivity index (χ0) is 10.8. The third-order valence-electron chi connectivity index (χ3n) is 2.72. The molecule has 0 bridgehead atoms. The monoisotopic (exact) mass is 212 g/mol. The van der Waals surface area contributed by atoms with Crippen molar-refractivity contribution in [3.63, 3.8) is 0 Å². The summed E-state index contributed by atoms with van der Waals surface area (Å²) in [5, 5.41) is 2.86. The first-order valence-corrected chi connectivity index (χ1v) is 5.04. The molecule has 1 atom stereocenters. The number of anilines is 1. The first-order chi connectivity index (χ1) is 7.15. The van der Waals surface area contributed by atoms with E-state index in [1.807, 2.05) is 18.2 Å². The molecule has 0 amide bonds. The standard InChI is InChI=1S/C11H14F2N2/c12-11(13)6-15-10-4-7-1-2-9(14)3-8(7)5-10/h1-3,10-11,15H,4-6,14H2. The molecule has 4 heteroatoms. The van der Waals surface area contributed by atoms with Crippen molar-refractivity contribution in [1.29, 1.82) is 0 Å². The molecule has 0 aromatic heterocycles. The second-order valence-corrected chi connectivity index (χ2v) is 3.93. The maximum atomic E-state index is 12.0. The number of hydrogen-bond donors (Lipinski definition) is 2. The van der Waals surface area contributed by atoms with Crippen LogP contribution in [0.15, 0.2) is 18.2 Å². The molecule has 0 spiro atoms. The van der Waals surface area contributed by atoms with Crippen LogP contribution in [-0.4, -0.2) is 19.0 Å².